The third kappa shape index (κ3) is 1.84. The Morgan fingerprint density at radius 1 is 0.909 bits per heavy atom. The summed E-state index contributed by atoms with van der Waals surface area (Å²) in [6, 6.07) is 7.31. The van der Waals surface area contributed by atoms with Crippen molar-refractivity contribution < 1.29 is 0 Å². The Morgan fingerprint density at radius 3 is 2.82 bits per heavy atom. The van der Waals surface area contributed by atoms with Crippen LogP contribution in [0.5, 0.6) is 0 Å². The SMILES string of the molecule is C1=c2[nH]c3c(c2=CCC1)CCCC3c1ccc2c(c1)CCC2. The van der Waals surface area contributed by atoms with E-state index in [9.17, 15) is 0 Å². The van der Waals surface area contributed by atoms with Crippen LogP contribution in [0.4, 0.5) is 0 Å². The number of H-pyrrole nitrogens is 1. The molecule has 112 valence electrons. The number of aromatic amines is 1. The molecule has 5 rings (SSSR count). The summed E-state index contributed by atoms with van der Waals surface area (Å²) in [5, 5.41) is 2.91. The van der Waals surface area contributed by atoms with Crippen molar-refractivity contribution in [3.63, 3.8) is 0 Å². The molecular weight excluding hydrogens is 266 g/mol. The van der Waals surface area contributed by atoms with Crippen LogP contribution in [-0.2, 0) is 19.3 Å². The minimum Gasteiger partial charge on any atom is -0.358 e. The molecule has 0 saturated heterocycles. The topological polar surface area (TPSA) is 15.8 Å². The van der Waals surface area contributed by atoms with Crippen molar-refractivity contribution in [2.75, 3.05) is 0 Å². The first-order valence-electron chi connectivity index (χ1n) is 8.93. The summed E-state index contributed by atoms with van der Waals surface area (Å²) in [4.78, 5) is 3.78. The third-order valence-corrected chi connectivity index (χ3v) is 5.87. The highest BCUT2D eigenvalue weighted by molar-refractivity contribution is 5.47. The van der Waals surface area contributed by atoms with Gasteiger partial charge in [-0.1, -0.05) is 30.4 Å². The van der Waals surface area contributed by atoms with Crippen LogP contribution in [0.2, 0.25) is 0 Å². The summed E-state index contributed by atoms with van der Waals surface area (Å²) in [6.45, 7) is 0. The molecule has 1 aromatic carbocycles. The van der Waals surface area contributed by atoms with E-state index in [0.717, 1.165) is 0 Å². The lowest BCUT2D eigenvalue weighted by Gasteiger charge is -2.23. The van der Waals surface area contributed by atoms with Crippen LogP contribution in [0, 0.1) is 0 Å². The van der Waals surface area contributed by atoms with Crippen molar-refractivity contribution in [3.05, 3.63) is 56.7 Å². The number of nitrogens with one attached hydrogen (secondary N) is 1. The molecule has 1 heteroatoms. The second-order valence-electron chi connectivity index (χ2n) is 7.16. The highest BCUT2D eigenvalue weighted by Crippen LogP contribution is 2.36. The molecule has 1 aromatic heterocycles. The molecule has 1 nitrogen and oxygen atoms in total. The molecule has 3 aliphatic rings. The van der Waals surface area contributed by atoms with Crippen LogP contribution in [0.3, 0.4) is 0 Å². The van der Waals surface area contributed by atoms with E-state index in [1.165, 1.54) is 67.6 Å². The Hall–Kier alpha value is -1.76. The fraction of sp³-hybridized carbons (Fsp3) is 0.429. The van der Waals surface area contributed by atoms with Crippen LogP contribution in [-0.4, -0.2) is 4.98 Å². The van der Waals surface area contributed by atoms with Gasteiger partial charge in [0, 0.05) is 17.0 Å². The molecule has 3 aliphatic carbocycles. The minimum absolute atomic E-state index is 0.585. The molecule has 0 bridgehead atoms. The highest BCUT2D eigenvalue weighted by atomic mass is 14.7. The first-order valence-corrected chi connectivity index (χ1v) is 8.93. The predicted octanol–water partition coefficient (Wildman–Crippen LogP) is 3.33. The van der Waals surface area contributed by atoms with Crippen LogP contribution in [0.25, 0.3) is 12.2 Å². The Kier molecular flexibility index (Phi) is 2.82. The maximum Gasteiger partial charge on any atom is 0.0415 e. The zero-order valence-electron chi connectivity index (χ0n) is 13.1. The normalized spacial score (nSPS) is 22.3. The van der Waals surface area contributed by atoms with Crippen molar-refractivity contribution in [2.45, 2.75) is 57.3 Å². The fourth-order valence-corrected chi connectivity index (χ4v) is 4.78. The summed E-state index contributed by atoms with van der Waals surface area (Å²) in [5.74, 6) is 0.585. The van der Waals surface area contributed by atoms with Crippen LogP contribution >= 0.6 is 0 Å². The smallest absolute Gasteiger partial charge is 0.0415 e. The number of hydrogen-bond donors (Lipinski definition) is 1. The number of aryl methyl sites for hydroxylation is 2. The number of rotatable bonds is 1. The molecule has 0 saturated carbocycles. The first kappa shape index (κ1) is 12.8. The monoisotopic (exact) mass is 289 g/mol. The molecule has 0 aliphatic heterocycles. The van der Waals surface area contributed by atoms with Gasteiger partial charge in [-0.25, -0.2) is 0 Å². The van der Waals surface area contributed by atoms with E-state index >= 15 is 0 Å². The summed E-state index contributed by atoms with van der Waals surface area (Å²) in [5.41, 5.74) is 7.87. The van der Waals surface area contributed by atoms with Gasteiger partial charge in [0.2, 0.25) is 0 Å². The van der Waals surface area contributed by atoms with Crippen LogP contribution < -0.4 is 10.6 Å². The lowest BCUT2D eigenvalue weighted by atomic mass is 9.82. The molecular formula is C21H23N. The maximum absolute atomic E-state index is 3.78. The van der Waals surface area contributed by atoms with E-state index in [4.69, 9.17) is 0 Å². The van der Waals surface area contributed by atoms with Gasteiger partial charge in [-0.15, -0.1) is 0 Å². The molecule has 22 heavy (non-hydrogen) atoms. The molecule has 1 N–H and O–H groups in total. The number of hydrogen-bond acceptors (Lipinski definition) is 0. The zero-order chi connectivity index (χ0) is 14.5. The van der Waals surface area contributed by atoms with Gasteiger partial charge in [-0.05, 0) is 78.8 Å². The average Bonchev–Trinajstić information content (AvgIpc) is 3.18. The van der Waals surface area contributed by atoms with E-state index in [1.807, 2.05) is 0 Å². The summed E-state index contributed by atoms with van der Waals surface area (Å²) in [7, 11) is 0. The lowest BCUT2D eigenvalue weighted by Crippen LogP contribution is -2.27. The highest BCUT2D eigenvalue weighted by Gasteiger charge is 2.26. The quantitative estimate of drug-likeness (QED) is 0.829. The van der Waals surface area contributed by atoms with Crippen LogP contribution in [0.15, 0.2) is 18.2 Å². The van der Waals surface area contributed by atoms with Gasteiger partial charge in [0.25, 0.3) is 0 Å². The molecule has 1 heterocycles. The first-order chi connectivity index (χ1) is 10.9. The molecule has 1 atom stereocenters. The van der Waals surface area contributed by atoms with E-state index < -0.39 is 0 Å². The molecule has 2 aromatic rings. The van der Waals surface area contributed by atoms with Gasteiger partial charge >= 0.3 is 0 Å². The van der Waals surface area contributed by atoms with Crippen molar-refractivity contribution in [1.82, 2.24) is 4.98 Å². The van der Waals surface area contributed by atoms with Gasteiger partial charge < -0.3 is 4.98 Å². The Labute approximate surface area is 131 Å². The van der Waals surface area contributed by atoms with Crippen molar-refractivity contribution >= 4 is 12.2 Å². The van der Waals surface area contributed by atoms with Crippen molar-refractivity contribution in [2.24, 2.45) is 0 Å². The second kappa shape index (κ2) is 4.87. The van der Waals surface area contributed by atoms with Gasteiger partial charge in [0.1, 0.15) is 0 Å². The molecule has 0 amide bonds. The molecule has 0 spiro atoms. The van der Waals surface area contributed by atoms with Gasteiger partial charge in [0.15, 0.2) is 0 Å². The molecule has 0 fully saturated rings. The standard InChI is InChI=1S/C21H23N/c1-2-10-20-18(7-1)19-9-4-8-17(21(19)22-20)16-12-11-14-5-3-6-15(14)13-16/h7,10-13,17,22H,1-6,8-9H2. The molecule has 1 unspecified atom stereocenters. The van der Waals surface area contributed by atoms with Crippen LogP contribution in [0.1, 0.15) is 66.0 Å². The number of fused-ring (bicyclic) bond motifs is 4. The fourth-order valence-electron chi connectivity index (χ4n) is 4.78. The van der Waals surface area contributed by atoms with Crippen molar-refractivity contribution in [1.29, 1.82) is 0 Å². The largest absolute Gasteiger partial charge is 0.358 e. The molecule has 0 radical (unpaired) electrons. The van der Waals surface area contributed by atoms with Crippen molar-refractivity contribution in [3.8, 4) is 0 Å². The van der Waals surface area contributed by atoms with Gasteiger partial charge in [0.05, 0.1) is 0 Å². The summed E-state index contributed by atoms with van der Waals surface area (Å²) >= 11 is 0. The Balaban J connectivity index is 1.65. The van der Waals surface area contributed by atoms with Gasteiger partial charge in [-0.3, -0.25) is 0 Å². The minimum atomic E-state index is 0.585. The Morgan fingerprint density at radius 2 is 1.82 bits per heavy atom. The number of aromatic nitrogens is 1. The van der Waals surface area contributed by atoms with Gasteiger partial charge in [-0.2, -0.15) is 0 Å². The number of benzene rings is 1. The van der Waals surface area contributed by atoms with E-state index in [-0.39, 0.29) is 0 Å². The third-order valence-electron chi connectivity index (χ3n) is 5.87. The Bertz CT molecular complexity index is 853. The summed E-state index contributed by atoms with van der Waals surface area (Å²) < 4.78 is 0. The van der Waals surface area contributed by atoms with E-state index in [2.05, 4.69) is 35.3 Å². The second-order valence-corrected chi connectivity index (χ2v) is 7.16. The van der Waals surface area contributed by atoms with E-state index in [1.54, 1.807) is 22.3 Å². The maximum atomic E-state index is 3.78. The predicted molar refractivity (Wildman–Crippen MR) is 91.5 cm³/mol. The lowest BCUT2D eigenvalue weighted by molar-refractivity contribution is 0.604. The average molecular weight is 289 g/mol. The van der Waals surface area contributed by atoms with E-state index in [0.29, 0.717) is 5.92 Å². The zero-order valence-corrected chi connectivity index (χ0v) is 13.1. The summed E-state index contributed by atoms with van der Waals surface area (Å²) in [6.07, 6.45) is 15.0.